The van der Waals surface area contributed by atoms with E-state index in [0.717, 1.165) is 35.5 Å². The molecule has 0 aliphatic carbocycles. The van der Waals surface area contributed by atoms with E-state index < -0.39 is 0 Å². The summed E-state index contributed by atoms with van der Waals surface area (Å²) in [6.45, 7) is 2.29. The monoisotopic (exact) mass is 546 g/mol. The van der Waals surface area contributed by atoms with Crippen LogP contribution < -0.4 is 9.47 Å². The van der Waals surface area contributed by atoms with Crippen LogP contribution in [-0.2, 0) is 35.5 Å². The molecule has 0 spiro atoms. The Labute approximate surface area is 241 Å². The maximum atomic E-state index is 5.90. The van der Waals surface area contributed by atoms with Crippen molar-refractivity contribution >= 4 is 11.8 Å². The van der Waals surface area contributed by atoms with Crippen LogP contribution in [0, 0.1) is 0 Å². The molecule has 2 atom stereocenters. The van der Waals surface area contributed by atoms with Gasteiger partial charge in [0.25, 0.3) is 0 Å². The molecule has 208 valence electrons. The fourth-order valence-corrected chi connectivity index (χ4v) is 4.94. The van der Waals surface area contributed by atoms with Gasteiger partial charge >= 0.3 is 0 Å². The zero-order valence-electron chi connectivity index (χ0n) is 23.0. The molecule has 2 aliphatic rings. The molecule has 0 unspecified atom stereocenters. The van der Waals surface area contributed by atoms with Gasteiger partial charge in [-0.3, -0.25) is 0 Å². The smallest absolute Gasteiger partial charge is 0.193 e. The van der Waals surface area contributed by atoms with E-state index in [0.29, 0.717) is 44.6 Å². The number of benzene rings is 4. The summed E-state index contributed by atoms with van der Waals surface area (Å²) in [5, 5.41) is 0. The minimum Gasteiger partial charge on any atom is -0.489 e. The number of hydrogen-bond acceptors (Lipinski definition) is 6. The summed E-state index contributed by atoms with van der Waals surface area (Å²) in [5.74, 6) is 3.14. The molecule has 0 fully saturated rings. The summed E-state index contributed by atoms with van der Waals surface area (Å²) < 4.78 is 23.6. The molecule has 4 aromatic carbocycles. The molecule has 2 heterocycles. The van der Waals surface area contributed by atoms with Crippen molar-refractivity contribution in [3.8, 4) is 11.5 Å². The second kappa shape index (κ2) is 13.2. The zero-order valence-corrected chi connectivity index (χ0v) is 23.0. The highest BCUT2D eigenvalue weighted by Gasteiger charge is 2.25. The fraction of sp³-hybridized carbons (Fsp3) is 0.257. The van der Waals surface area contributed by atoms with Crippen molar-refractivity contribution in [2.75, 3.05) is 13.2 Å². The first-order valence-corrected chi connectivity index (χ1v) is 14.2. The molecular weight excluding hydrogens is 512 g/mol. The van der Waals surface area contributed by atoms with Crippen LogP contribution in [0.2, 0.25) is 0 Å². The average Bonchev–Trinajstić information content (AvgIpc) is 3.66. The predicted octanol–water partition coefficient (Wildman–Crippen LogP) is 6.61. The Kier molecular flexibility index (Phi) is 8.56. The van der Waals surface area contributed by atoms with Crippen LogP contribution in [-0.4, -0.2) is 37.1 Å². The standard InChI is InChI=1S/C35H34N2O4/c1-3-7-28(8-4-1)22-38-32-15-11-26(12-16-32)19-30-24-40-34(36-30)21-35-37-31(25-41-35)20-27-13-17-33(18-14-27)39-23-29-9-5-2-6-10-29/h1-18,30-31H,19-25H2/t30-,31-/m0/s1. The Bertz CT molecular complexity index is 1340. The number of nitrogens with zero attached hydrogens (tertiary/aromatic N) is 2. The first kappa shape index (κ1) is 26.6. The molecule has 6 nitrogen and oxygen atoms in total. The molecule has 0 N–H and O–H groups in total. The highest BCUT2D eigenvalue weighted by Crippen LogP contribution is 2.21. The third-order valence-corrected chi connectivity index (χ3v) is 7.13. The van der Waals surface area contributed by atoms with Crippen molar-refractivity contribution in [1.82, 2.24) is 0 Å². The first-order valence-electron chi connectivity index (χ1n) is 14.2. The second-order valence-corrected chi connectivity index (χ2v) is 10.4. The van der Waals surface area contributed by atoms with Gasteiger partial charge in [0.05, 0.1) is 18.5 Å². The quantitative estimate of drug-likeness (QED) is 0.201. The molecule has 0 bridgehead atoms. The lowest BCUT2D eigenvalue weighted by Crippen LogP contribution is -2.10. The maximum Gasteiger partial charge on any atom is 0.193 e. The summed E-state index contributed by atoms with van der Waals surface area (Å²) in [5.41, 5.74) is 4.73. The predicted molar refractivity (Wildman–Crippen MR) is 161 cm³/mol. The molecule has 0 amide bonds. The Morgan fingerprint density at radius 3 is 1.34 bits per heavy atom. The molecular formula is C35H34N2O4. The largest absolute Gasteiger partial charge is 0.489 e. The normalized spacial score (nSPS) is 17.8. The maximum absolute atomic E-state index is 5.90. The van der Waals surface area contributed by atoms with Crippen LogP contribution in [0.25, 0.3) is 0 Å². The number of hydrogen-bond donors (Lipinski definition) is 0. The summed E-state index contributed by atoms with van der Waals surface area (Å²) in [6.07, 6.45) is 2.15. The summed E-state index contributed by atoms with van der Waals surface area (Å²) in [6, 6.07) is 37.0. The van der Waals surface area contributed by atoms with Crippen molar-refractivity contribution in [1.29, 1.82) is 0 Å². The lowest BCUT2D eigenvalue weighted by atomic mass is 10.1. The van der Waals surface area contributed by atoms with E-state index in [2.05, 4.69) is 48.5 Å². The van der Waals surface area contributed by atoms with Crippen molar-refractivity contribution in [3.63, 3.8) is 0 Å². The lowest BCUT2D eigenvalue weighted by molar-refractivity contribution is 0.297. The van der Waals surface area contributed by atoms with E-state index in [-0.39, 0.29) is 12.1 Å². The minimum absolute atomic E-state index is 0.0986. The Morgan fingerprint density at radius 1 is 0.512 bits per heavy atom. The SMILES string of the molecule is c1ccc(COc2ccc(C[C@H]3COC(CC4=N[C@@H](Cc5ccc(OCc6ccccc6)cc5)CO4)=N3)cc2)cc1. The number of rotatable bonds is 12. The van der Waals surface area contributed by atoms with Gasteiger partial charge in [0.2, 0.25) is 0 Å². The van der Waals surface area contributed by atoms with E-state index in [1.807, 2.05) is 60.7 Å². The van der Waals surface area contributed by atoms with Crippen molar-refractivity contribution in [2.45, 2.75) is 44.6 Å². The minimum atomic E-state index is 0.0986. The van der Waals surface area contributed by atoms with Crippen molar-refractivity contribution in [2.24, 2.45) is 9.98 Å². The van der Waals surface area contributed by atoms with Gasteiger partial charge in [-0.05, 0) is 59.4 Å². The van der Waals surface area contributed by atoms with Gasteiger partial charge in [-0.25, -0.2) is 9.98 Å². The Balaban J connectivity index is 0.943. The van der Waals surface area contributed by atoms with Crippen LogP contribution in [0.3, 0.4) is 0 Å². The average molecular weight is 547 g/mol. The number of aliphatic imine (C=N–C) groups is 2. The van der Waals surface area contributed by atoms with Gasteiger partial charge in [-0.15, -0.1) is 0 Å². The lowest BCUT2D eigenvalue weighted by Gasteiger charge is -2.08. The summed E-state index contributed by atoms with van der Waals surface area (Å²) in [7, 11) is 0. The summed E-state index contributed by atoms with van der Waals surface area (Å²) in [4.78, 5) is 9.58. The molecule has 6 rings (SSSR count). The zero-order chi connectivity index (χ0) is 27.7. The van der Waals surface area contributed by atoms with Crippen LogP contribution in [0.5, 0.6) is 11.5 Å². The van der Waals surface area contributed by atoms with Gasteiger partial charge in [-0.1, -0.05) is 84.9 Å². The molecule has 4 aromatic rings. The van der Waals surface area contributed by atoms with E-state index in [1.54, 1.807) is 0 Å². The van der Waals surface area contributed by atoms with Crippen molar-refractivity contribution < 1.29 is 18.9 Å². The molecule has 2 aliphatic heterocycles. The Hall–Kier alpha value is -4.58. The van der Waals surface area contributed by atoms with Gasteiger partial charge in [-0.2, -0.15) is 0 Å². The summed E-state index contributed by atoms with van der Waals surface area (Å²) >= 11 is 0. The molecule has 6 heteroatoms. The topological polar surface area (TPSA) is 61.6 Å². The van der Waals surface area contributed by atoms with E-state index in [9.17, 15) is 0 Å². The third-order valence-electron chi connectivity index (χ3n) is 7.13. The molecule has 41 heavy (non-hydrogen) atoms. The molecule has 0 saturated carbocycles. The first-order chi connectivity index (χ1) is 20.2. The van der Waals surface area contributed by atoms with Gasteiger partial charge < -0.3 is 18.9 Å². The van der Waals surface area contributed by atoms with Gasteiger partial charge in [0.15, 0.2) is 11.8 Å². The molecule has 0 saturated heterocycles. The van der Waals surface area contributed by atoms with Crippen LogP contribution >= 0.6 is 0 Å². The fourth-order valence-electron chi connectivity index (χ4n) is 4.94. The number of ether oxygens (including phenoxy) is 4. The Morgan fingerprint density at radius 2 is 0.927 bits per heavy atom. The highest BCUT2D eigenvalue weighted by molar-refractivity contribution is 5.98. The van der Waals surface area contributed by atoms with Crippen LogP contribution in [0.1, 0.15) is 28.7 Å². The van der Waals surface area contributed by atoms with Gasteiger partial charge in [0, 0.05) is 0 Å². The van der Waals surface area contributed by atoms with E-state index in [4.69, 9.17) is 28.9 Å². The van der Waals surface area contributed by atoms with Crippen molar-refractivity contribution in [3.05, 3.63) is 131 Å². The van der Waals surface area contributed by atoms with E-state index in [1.165, 1.54) is 11.1 Å². The van der Waals surface area contributed by atoms with Gasteiger partial charge in [0.1, 0.15) is 37.9 Å². The van der Waals surface area contributed by atoms with Crippen LogP contribution in [0.4, 0.5) is 0 Å². The molecule has 0 aromatic heterocycles. The van der Waals surface area contributed by atoms with E-state index >= 15 is 0 Å². The molecule has 0 radical (unpaired) electrons. The van der Waals surface area contributed by atoms with Crippen LogP contribution in [0.15, 0.2) is 119 Å². The third kappa shape index (κ3) is 7.76. The second-order valence-electron chi connectivity index (χ2n) is 10.4. The highest BCUT2D eigenvalue weighted by atomic mass is 16.5.